The van der Waals surface area contributed by atoms with E-state index in [4.69, 9.17) is 0 Å². The number of carbonyl (C=O) groups is 1. The summed E-state index contributed by atoms with van der Waals surface area (Å²) in [4.78, 5) is 12.1. The number of benzene rings is 2. The Kier molecular flexibility index (Phi) is 4.98. The molecule has 22 heavy (non-hydrogen) atoms. The summed E-state index contributed by atoms with van der Waals surface area (Å²) in [6.07, 6.45) is 0. The zero-order valence-corrected chi connectivity index (χ0v) is 13.4. The Bertz CT molecular complexity index is 754. The Morgan fingerprint density at radius 1 is 1.05 bits per heavy atom. The third kappa shape index (κ3) is 3.95. The Labute approximate surface area is 131 Å². The van der Waals surface area contributed by atoms with E-state index >= 15 is 0 Å². The monoisotopic (exact) mass is 317 g/mol. The van der Waals surface area contributed by atoms with Crippen LogP contribution in [0.2, 0.25) is 0 Å². The second-order valence-electron chi connectivity index (χ2n) is 5.23. The molecule has 0 radical (unpaired) electrons. The first-order valence-corrected chi connectivity index (χ1v) is 8.73. The molecule has 0 fully saturated rings. The number of hydrogen-bond acceptors (Lipinski definition) is 3. The number of aryl methyl sites for hydroxylation is 1. The number of para-hydroxylation sites is 1. The van der Waals surface area contributed by atoms with E-state index < -0.39 is 21.0 Å². The van der Waals surface area contributed by atoms with Crippen LogP contribution in [0.5, 0.6) is 0 Å². The molecule has 1 amide bonds. The molecule has 0 saturated carbocycles. The number of nitrogens with one attached hydrogen (secondary N) is 1. The quantitative estimate of drug-likeness (QED) is 0.922. The van der Waals surface area contributed by atoms with Gasteiger partial charge in [-0.05, 0) is 37.1 Å². The Morgan fingerprint density at radius 3 is 2.27 bits per heavy atom. The fourth-order valence-corrected chi connectivity index (χ4v) is 3.43. The summed E-state index contributed by atoms with van der Waals surface area (Å²) in [5.41, 5.74) is 2.22. The van der Waals surface area contributed by atoms with Gasteiger partial charge in [0.05, 0.1) is 5.75 Å². The zero-order valence-electron chi connectivity index (χ0n) is 12.6. The van der Waals surface area contributed by atoms with E-state index in [-0.39, 0.29) is 5.75 Å². The van der Waals surface area contributed by atoms with Crippen molar-refractivity contribution in [1.29, 1.82) is 0 Å². The van der Waals surface area contributed by atoms with E-state index in [0.717, 1.165) is 11.1 Å². The summed E-state index contributed by atoms with van der Waals surface area (Å²) >= 11 is 0. The molecule has 5 heteroatoms. The van der Waals surface area contributed by atoms with Gasteiger partial charge in [0.25, 0.3) is 0 Å². The fourth-order valence-electron chi connectivity index (χ4n) is 2.04. The average Bonchev–Trinajstić information content (AvgIpc) is 2.49. The van der Waals surface area contributed by atoms with Crippen LogP contribution < -0.4 is 5.32 Å². The highest BCUT2D eigenvalue weighted by atomic mass is 32.2. The molecule has 0 unspecified atom stereocenters. The number of rotatable bonds is 5. The second kappa shape index (κ2) is 6.75. The van der Waals surface area contributed by atoms with Gasteiger partial charge in [-0.2, -0.15) is 0 Å². The number of amides is 1. The molecule has 0 saturated heterocycles. The molecule has 0 aliphatic rings. The van der Waals surface area contributed by atoms with Crippen molar-refractivity contribution in [3.05, 3.63) is 65.7 Å². The van der Waals surface area contributed by atoms with Crippen LogP contribution in [0.3, 0.4) is 0 Å². The van der Waals surface area contributed by atoms with Gasteiger partial charge in [0.2, 0.25) is 5.91 Å². The standard InChI is InChI=1S/C17H19NO3S/c1-13-8-6-7-9-15(13)12-22(20,21)14(2)17(19)18-16-10-4-3-5-11-16/h3-11,14H,12H2,1-2H3,(H,18,19)/t14-/m1/s1. The summed E-state index contributed by atoms with van der Waals surface area (Å²) in [6.45, 7) is 3.28. The van der Waals surface area contributed by atoms with E-state index in [0.29, 0.717) is 5.69 Å². The number of anilines is 1. The van der Waals surface area contributed by atoms with Crippen molar-refractivity contribution in [2.45, 2.75) is 24.9 Å². The molecular weight excluding hydrogens is 298 g/mol. The Balaban J connectivity index is 2.12. The summed E-state index contributed by atoms with van der Waals surface area (Å²) in [6, 6.07) is 16.1. The average molecular weight is 317 g/mol. The van der Waals surface area contributed by atoms with E-state index in [1.54, 1.807) is 36.4 Å². The normalized spacial score (nSPS) is 12.6. The summed E-state index contributed by atoms with van der Waals surface area (Å²) in [5, 5.41) is 1.53. The molecule has 0 heterocycles. The lowest BCUT2D eigenvalue weighted by atomic mass is 10.1. The smallest absolute Gasteiger partial charge is 0.242 e. The topological polar surface area (TPSA) is 63.2 Å². The first-order valence-electron chi connectivity index (χ1n) is 7.02. The molecule has 2 rings (SSSR count). The van der Waals surface area contributed by atoms with Gasteiger partial charge in [-0.25, -0.2) is 8.42 Å². The van der Waals surface area contributed by atoms with Gasteiger partial charge in [-0.15, -0.1) is 0 Å². The maximum Gasteiger partial charge on any atom is 0.242 e. The van der Waals surface area contributed by atoms with Gasteiger partial charge in [0.1, 0.15) is 5.25 Å². The lowest BCUT2D eigenvalue weighted by molar-refractivity contribution is -0.115. The largest absolute Gasteiger partial charge is 0.325 e. The molecule has 0 spiro atoms. The molecule has 4 nitrogen and oxygen atoms in total. The van der Waals surface area contributed by atoms with Crippen LogP contribution >= 0.6 is 0 Å². The fraction of sp³-hybridized carbons (Fsp3) is 0.235. The Morgan fingerprint density at radius 2 is 1.64 bits per heavy atom. The third-order valence-electron chi connectivity index (χ3n) is 3.57. The maximum atomic E-state index is 12.4. The van der Waals surface area contributed by atoms with Gasteiger partial charge < -0.3 is 5.32 Å². The van der Waals surface area contributed by atoms with Crippen molar-refractivity contribution >= 4 is 21.4 Å². The van der Waals surface area contributed by atoms with Gasteiger partial charge >= 0.3 is 0 Å². The molecule has 0 aromatic heterocycles. The van der Waals surface area contributed by atoms with E-state index in [1.165, 1.54) is 6.92 Å². The van der Waals surface area contributed by atoms with Crippen LogP contribution in [0.4, 0.5) is 5.69 Å². The number of carbonyl (C=O) groups excluding carboxylic acids is 1. The van der Waals surface area contributed by atoms with Crippen molar-refractivity contribution in [2.24, 2.45) is 0 Å². The van der Waals surface area contributed by atoms with Crippen molar-refractivity contribution in [3.63, 3.8) is 0 Å². The lowest BCUT2D eigenvalue weighted by Crippen LogP contribution is -2.33. The van der Waals surface area contributed by atoms with Crippen LogP contribution in [-0.2, 0) is 20.4 Å². The molecule has 116 valence electrons. The van der Waals surface area contributed by atoms with Crippen LogP contribution in [-0.4, -0.2) is 19.6 Å². The van der Waals surface area contributed by atoms with Gasteiger partial charge in [-0.1, -0.05) is 42.5 Å². The molecule has 2 aromatic rings. The highest BCUT2D eigenvalue weighted by molar-refractivity contribution is 7.92. The predicted molar refractivity (Wildman–Crippen MR) is 88.3 cm³/mol. The molecule has 0 aliphatic heterocycles. The van der Waals surface area contributed by atoms with Gasteiger partial charge in [-0.3, -0.25) is 4.79 Å². The first-order chi connectivity index (χ1) is 10.4. The summed E-state index contributed by atoms with van der Waals surface area (Å²) in [5.74, 6) is -0.650. The highest BCUT2D eigenvalue weighted by Crippen LogP contribution is 2.16. The van der Waals surface area contributed by atoms with Crippen LogP contribution in [0.15, 0.2) is 54.6 Å². The SMILES string of the molecule is Cc1ccccc1CS(=O)(=O)[C@H](C)C(=O)Nc1ccccc1. The lowest BCUT2D eigenvalue weighted by Gasteiger charge is -2.14. The van der Waals surface area contributed by atoms with E-state index in [2.05, 4.69) is 5.32 Å². The minimum absolute atomic E-state index is 0.136. The number of sulfone groups is 1. The molecule has 0 aliphatic carbocycles. The van der Waals surface area contributed by atoms with Crippen molar-refractivity contribution in [1.82, 2.24) is 0 Å². The van der Waals surface area contributed by atoms with Crippen molar-refractivity contribution in [3.8, 4) is 0 Å². The summed E-state index contributed by atoms with van der Waals surface area (Å²) in [7, 11) is -3.57. The second-order valence-corrected chi connectivity index (χ2v) is 7.55. The third-order valence-corrected chi connectivity index (χ3v) is 5.57. The minimum atomic E-state index is -3.57. The van der Waals surface area contributed by atoms with Gasteiger partial charge in [0, 0.05) is 5.69 Å². The number of hydrogen-bond donors (Lipinski definition) is 1. The van der Waals surface area contributed by atoms with Crippen LogP contribution in [0.25, 0.3) is 0 Å². The van der Waals surface area contributed by atoms with Crippen LogP contribution in [0.1, 0.15) is 18.1 Å². The first kappa shape index (κ1) is 16.2. The van der Waals surface area contributed by atoms with E-state index in [1.807, 2.05) is 25.1 Å². The highest BCUT2D eigenvalue weighted by Gasteiger charge is 2.28. The molecule has 1 atom stereocenters. The zero-order chi connectivity index (χ0) is 16.2. The van der Waals surface area contributed by atoms with Crippen LogP contribution in [0, 0.1) is 6.92 Å². The van der Waals surface area contributed by atoms with Crippen molar-refractivity contribution in [2.75, 3.05) is 5.32 Å². The molecule has 1 N–H and O–H groups in total. The van der Waals surface area contributed by atoms with Gasteiger partial charge in [0.15, 0.2) is 9.84 Å². The predicted octanol–water partition coefficient (Wildman–Crippen LogP) is 2.94. The Hall–Kier alpha value is -2.14. The molecular formula is C17H19NO3S. The minimum Gasteiger partial charge on any atom is -0.325 e. The maximum absolute atomic E-state index is 12.4. The summed E-state index contributed by atoms with van der Waals surface area (Å²) < 4.78 is 24.8. The van der Waals surface area contributed by atoms with E-state index in [9.17, 15) is 13.2 Å². The molecule has 2 aromatic carbocycles. The van der Waals surface area contributed by atoms with Crippen molar-refractivity contribution < 1.29 is 13.2 Å². The molecule has 0 bridgehead atoms.